The van der Waals surface area contributed by atoms with Crippen molar-refractivity contribution in [2.45, 2.75) is 83.4 Å². The molecule has 0 spiro atoms. The number of hydrogen-bond donors (Lipinski definition) is 1. The van der Waals surface area contributed by atoms with E-state index in [1.807, 2.05) is 20.8 Å². The van der Waals surface area contributed by atoms with Gasteiger partial charge in [0.2, 0.25) is 0 Å². The van der Waals surface area contributed by atoms with Gasteiger partial charge in [-0.2, -0.15) is 0 Å². The summed E-state index contributed by atoms with van der Waals surface area (Å²) in [7, 11) is 0. The van der Waals surface area contributed by atoms with Crippen molar-refractivity contribution in [1.29, 1.82) is 0 Å². The van der Waals surface area contributed by atoms with E-state index in [2.05, 4.69) is 5.32 Å². The van der Waals surface area contributed by atoms with Crippen molar-refractivity contribution >= 4 is 12.1 Å². The number of nitrogens with zero attached hydrogens (tertiary/aromatic N) is 1. The summed E-state index contributed by atoms with van der Waals surface area (Å²) in [4.78, 5) is 26.2. The zero-order valence-corrected chi connectivity index (χ0v) is 17.2. The van der Waals surface area contributed by atoms with Gasteiger partial charge in [0.25, 0.3) is 5.92 Å². The molecule has 1 saturated carbocycles. The molecule has 160 valence electrons. The topological polar surface area (TPSA) is 67.9 Å². The van der Waals surface area contributed by atoms with Crippen LogP contribution >= 0.6 is 0 Å². The van der Waals surface area contributed by atoms with Gasteiger partial charge in [0.05, 0.1) is 31.2 Å². The van der Waals surface area contributed by atoms with Crippen molar-refractivity contribution in [3.8, 4) is 0 Å². The number of nitrogens with one attached hydrogen (secondary N) is 1. The molecule has 3 fully saturated rings. The highest BCUT2D eigenvalue weighted by Crippen LogP contribution is 2.48. The summed E-state index contributed by atoms with van der Waals surface area (Å²) in [5.74, 6) is -3.36. The third-order valence-electron chi connectivity index (χ3n) is 6.72. The molecule has 8 heteroatoms. The van der Waals surface area contributed by atoms with Crippen LogP contribution < -0.4 is 5.32 Å². The molecule has 28 heavy (non-hydrogen) atoms. The zero-order valence-electron chi connectivity index (χ0n) is 17.2. The Hall–Kier alpha value is -1.44. The maximum atomic E-state index is 14.3. The molecule has 2 unspecified atom stereocenters. The summed E-state index contributed by atoms with van der Waals surface area (Å²) < 4.78 is 39.6. The van der Waals surface area contributed by atoms with Gasteiger partial charge < -0.3 is 14.8 Å². The molecular weight excluding hydrogens is 370 g/mol. The fourth-order valence-corrected chi connectivity index (χ4v) is 4.91. The standard InChI is InChI=1S/C20H32F2N2O4/c1-5-27-16(25)13-6-9-19(10-7-13,18(2,3)4)28-17(26)24-12-20(21,22)15-14(24)8-11-23-15/h13-15,23H,5-12H2,1-4H3. The summed E-state index contributed by atoms with van der Waals surface area (Å²) in [5.41, 5.74) is -1.16. The van der Waals surface area contributed by atoms with Gasteiger partial charge >= 0.3 is 12.1 Å². The van der Waals surface area contributed by atoms with Gasteiger partial charge in [-0.25, -0.2) is 13.6 Å². The number of hydrogen-bond acceptors (Lipinski definition) is 5. The van der Waals surface area contributed by atoms with E-state index in [4.69, 9.17) is 9.47 Å². The lowest BCUT2D eigenvalue weighted by molar-refractivity contribution is -0.155. The Morgan fingerprint density at radius 3 is 2.39 bits per heavy atom. The summed E-state index contributed by atoms with van der Waals surface area (Å²) in [5, 5.41) is 2.82. The van der Waals surface area contributed by atoms with E-state index in [1.54, 1.807) is 6.92 Å². The van der Waals surface area contributed by atoms with Gasteiger partial charge in [-0.3, -0.25) is 9.69 Å². The summed E-state index contributed by atoms with van der Waals surface area (Å²) >= 11 is 0. The third kappa shape index (κ3) is 3.72. The molecule has 2 saturated heterocycles. The largest absolute Gasteiger partial charge is 0.466 e. The smallest absolute Gasteiger partial charge is 0.410 e. The van der Waals surface area contributed by atoms with Gasteiger partial charge in [0, 0.05) is 5.41 Å². The first-order valence-electron chi connectivity index (χ1n) is 10.3. The number of halogens is 2. The number of rotatable bonds is 3. The van der Waals surface area contributed by atoms with Gasteiger partial charge in [0.1, 0.15) is 5.60 Å². The van der Waals surface area contributed by atoms with E-state index < -0.39 is 36.2 Å². The van der Waals surface area contributed by atoms with E-state index in [1.165, 1.54) is 4.90 Å². The minimum atomic E-state index is -2.95. The Morgan fingerprint density at radius 2 is 1.82 bits per heavy atom. The van der Waals surface area contributed by atoms with E-state index in [9.17, 15) is 18.4 Å². The van der Waals surface area contributed by atoms with Gasteiger partial charge in [-0.15, -0.1) is 0 Å². The van der Waals surface area contributed by atoms with Crippen molar-refractivity contribution in [3.63, 3.8) is 0 Å². The molecule has 0 aromatic rings. The molecule has 2 heterocycles. The van der Waals surface area contributed by atoms with E-state index >= 15 is 0 Å². The molecule has 0 aromatic carbocycles. The number of carbonyl (C=O) groups excluding carboxylic acids is 2. The number of esters is 1. The highest BCUT2D eigenvalue weighted by Gasteiger charge is 2.59. The van der Waals surface area contributed by atoms with Crippen LogP contribution in [-0.2, 0) is 14.3 Å². The van der Waals surface area contributed by atoms with Crippen LogP contribution in [-0.4, -0.2) is 60.3 Å². The number of likely N-dealkylation sites (tertiary alicyclic amines) is 1. The second-order valence-corrected chi connectivity index (χ2v) is 9.32. The van der Waals surface area contributed by atoms with Crippen LogP contribution in [0.5, 0.6) is 0 Å². The van der Waals surface area contributed by atoms with Crippen LogP contribution in [0.25, 0.3) is 0 Å². The number of alkyl halides is 2. The first kappa shape index (κ1) is 21.3. The lowest BCUT2D eigenvalue weighted by Crippen LogP contribution is -2.53. The number of ether oxygens (including phenoxy) is 2. The highest BCUT2D eigenvalue weighted by molar-refractivity contribution is 5.73. The first-order chi connectivity index (χ1) is 13.0. The lowest BCUT2D eigenvalue weighted by atomic mass is 9.66. The maximum absolute atomic E-state index is 14.3. The summed E-state index contributed by atoms with van der Waals surface area (Å²) in [6, 6.07) is -1.53. The predicted molar refractivity (Wildman–Crippen MR) is 99.1 cm³/mol. The first-order valence-corrected chi connectivity index (χ1v) is 10.3. The second-order valence-electron chi connectivity index (χ2n) is 9.32. The lowest BCUT2D eigenvalue weighted by Gasteiger charge is -2.48. The van der Waals surface area contributed by atoms with Crippen LogP contribution in [0.1, 0.15) is 59.8 Å². The van der Waals surface area contributed by atoms with E-state index in [0.29, 0.717) is 45.3 Å². The fourth-order valence-electron chi connectivity index (χ4n) is 4.91. The minimum absolute atomic E-state index is 0.200. The normalized spacial score (nSPS) is 34.8. The monoisotopic (exact) mass is 402 g/mol. The van der Waals surface area contributed by atoms with Crippen molar-refractivity contribution in [3.05, 3.63) is 0 Å². The van der Waals surface area contributed by atoms with Crippen molar-refractivity contribution in [2.24, 2.45) is 11.3 Å². The molecule has 3 aliphatic rings. The number of carbonyl (C=O) groups is 2. The average Bonchev–Trinajstić information content (AvgIpc) is 3.18. The zero-order chi connectivity index (χ0) is 20.7. The molecule has 1 aliphatic carbocycles. The quantitative estimate of drug-likeness (QED) is 0.734. The van der Waals surface area contributed by atoms with Crippen molar-refractivity contribution in [2.75, 3.05) is 19.7 Å². The third-order valence-corrected chi connectivity index (χ3v) is 6.72. The van der Waals surface area contributed by atoms with Crippen LogP contribution in [0.15, 0.2) is 0 Å². The van der Waals surface area contributed by atoms with Crippen molar-refractivity contribution < 1.29 is 27.8 Å². The predicted octanol–water partition coefficient (Wildman–Crippen LogP) is 3.34. The summed E-state index contributed by atoms with van der Waals surface area (Å²) in [6.45, 7) is 7.95. The Morgan fingerprint density at radius 1 is 1.18 bits per heavy atom. The Kier molecular flexibility index (Phi) is 5.64. The molecule has 1 N–H and O–H groups in total. The minimum Gasteiger partial charge on any atom is -0.466 e. The second kappa shape index (κ2) is 7.43. The molecule has 2 atom stereocenters. The number of amides is 1. The van der Waals surface area contributed by atoms with E-state index in [-0.39, 0.29) is 17.3 Å². The molecule has 3 rings (SSSR count). The number of fused-ring (bicyclic) bond motifs is 1. The fraction of sp³-hybridized carbons (Fsp3) is 0.900. The van der Waals surface area contributed by atoms with Crippen LogP contribution in [0, 0.1) is 11.3 Å². The average molecular weight is 402 g/mol. The van der Waals surface area contributed by atoms with E-state index in [0.717, 1.165) is 0 Å². The van der Waals surface area contributed by atoms with Crippen molar-refractivity contribution in [1.82, 2.24) is 10.2 Å². The molecule has 6 nitrogen and oxygen atoms in total. The molecule has 1 amide bonds. The van der Waals surface area contributed by atoms with Crippen LogP contribution in [0.3, 0.4) is 0 Å². The Balaban J connectivity index is 1.72. The molecule has 0 bridgehead atoms. The molecular formula is C20H32F2N2O4. The molecule has 0 radical (unpaired) electrons. The van der Waals surface area contributed by atoms with Crippen LogP contribution in [0.4, 0.5) is 13.6 Å². The van der Waals surface area contributed by atoms with Gasteiger partial charge in [-0.05, 0) is 45.6 Å². The maximum Gasteiger partial charge on any atom is 0.410 e. The highest BCUT2D eigenvalue weighted by atomic mass is 19.3. The Labute approximate surface area is 165 Å². The molecule has 0 aromatic heterocycles. The van der Waals surface area contributed by atoms with Crippen LogP contribution in [0.2, 0.25) is 0 Å². The van der Waals surface area contributed by atoms with Gasteiger partial charge in [-0.1, -0.05) is 20.8 Å². The SMILES string of the molecule is CCOC(=O)C1CCC(OC(=O)N2CC(F)(F)C3NCCC32)(C(C)(C)C)CC1. The Bertz CT molecular complexity index is 612. The van der Waals surface area contributed by atoms with Gasteiger partial charge in [0.15, 0.2) is 0 Å². The molecule has 2 aliphatic heterocycles. The summed E-state index contributed by atoms with van der Waals surface area (Å²) in [6.07, 6.45) is 1.99.